The van der Waals surface area contributed by atoms with E-state index in [-0.39, 0.29) is 29.0 Å². The average Bonchev–Trinajstić information content (AvgIpc) is 3.11. The normalized spacial score (nSPS) is 10.6. The van der Waals surface area contributed by atoms with Gasteiger partial charge in [-0.1, -0.05) is 18.7 Å². The van der Waals surface area contributed by atoms with E-state index in [0.717, 1.165) is 11.3 Å². The zero-order valence-electron chi connectivity index (χ0n) is 18.1. The topological polar surface area (TPSA) is 109 Å². The van der Waals surface area contributed by atoms with E-state index in [0.29, 0.717) is 34.1 Å². The number of ether oxygens (including phenoxy) is 3. The highest BCUT2D eigenvalue weighted by Crippen LogP contribution is 2.31. The first-order valence-electron chi connectivity index (χ1n) is 9.66. The van der Waals surface area contributed by atoms with Gasteiger partial charge in [-0.2, -0.15) is 10.5 Å². The minimum Gasteiger partial charge on any atom is -0.493 e. The van der Waals surface area contributed by atoms with E-state index >= 15 is 0 Å². The molecule has 0 atom stereocenters. The monoisotopic (exact) mass is 450 g/mol. The van der Waals surface area contributed by atoms with Gasteiger partial charge in [0, 0.05) is 11.3 Å². The maximum atomic E-state index is 12.8. The number of benzene rings is 1. The Balaban J connectivity index is 2.33. The lowest BCUT2D eigenvalue weighted by atomic mass is 10.0. The molecule has 0 radical (unpaired) electrons. The third-order valence-corrected chi connectivity index (χ3v) is 5.66. The van der Waals surface area contributed by atoms with Crippen LogP contribution in [0, 0.1) is 29.6 Å². The van der Waals surface area contributed by atoms with Crippen molar-refractivity contribution >= 4 is 29.2 Å². The molecule has 0 amide bonds. The van der Waals surface area contributed by atoms with Gasteiger partial charge in [-0.05, 0) is 43.2 Å². The molecule has 0 unspecified atom stereocenters. The Bertz CT molecular complexity index is 1150. The van der Waals surface area contributed by atoms with Crippen molar-refractivity contribution in [3.8, 4) is 23.6 Å². The Labute approximate surface area is 190 Å². The standard InChI is InChI=1S/C24H22N2O5S/c1-5-9-31-20-8-7-16(11-21(20)29-4)10-17(13-25)19(27)12-22-18(14-26)15(3)23(32-22)24(28)30-6-2/h5,7-8,10-11H,1,6,9,12H2,2-4H3/b17-10+. The van der Waals surface area contributed by atoms with Crippen molar-refractivity contribution in [3.05, 3.63) is 62.9 Å². The number of carbonyl (C=O) groups excluding carboxylic acids is 2. The second-order valence-electron chi connectivity index (χ2n) is 6.47. The van der Waals surface area contributed by atoms with Crippen LogP contribution in [0.15, 0.2) is 36.4 Å². The van der Waals surface area contributed by atoms with Crippen molar-refractivity contribution in [2.24, 2.45) is 0 Å². The molecule has 2 rings (SSSR count). The van der Waals surface area contributed by atoms with Crippen molar-refractivity contribution in [3.63, 3.8) is 0 Å². The molecule has 2 aromatic rings. The SMILES string of the molecule is C=CCOc1ccc(/C=C(\C#N)C(=O)Cc2sc(C(=O)OCC)c(C)c2C#N)cc1OC. The van der Waals surface area contributed by atoms with Gasteiger partial charge >= 0.3 is 5.97 Å². The molecule has 32 heavy (non-hydrogen) atoms. The fourth-order valence-corrected chi connectivity index (χ4v) is 4.01. The second kappa shape index (κ2) is 11.5. The van der Waals surface area contributed by atoms with Gasteiger partial charge in [-0.15, -0.1) is 11.3 Å². The molecule has 1 aromatic heterocycles. The number of hydrogen-bond acceptors (Lipinski definition) is 8. The quantitative estimate of drug-likeness (QED) is 0.228. The lowest BCUT2D eigenvalue weighted by Gasteiger charge is -2.10. The summed E-state index contributed by atoms with van der Waals surface area (Å²) >= 11 is 1.04. The Morgan fingerprint density at radius 3 is 2.59 bits per heavy atom. The predicted octanol–water partition coefficient (Wildman–Crippen LogP) is 4.40. The number of esters is 1. The van der Waals surface area contributed by atoms with Gasteiger partial charge in [0.05, 0.1) is 24.9 Å². The van der Waals surface area contributed by atoms with Crippen LogP contribution >= 0.6 is 11.3 Å². The molecule has 0 saturated carbocycles. The molecule has 1 heterocycles. The molecule has 0 N–H and O–H groups in total. The number of allylic oxidation sites excluding steroid dienone is 1. The molecule has 8 heteroatoms. The molecule has 7 nitrogen and oxygen atoms in total. The largest absolute Gasteiger partial charge is 0.493 e. The molecule has 164 valence electrons. The lowest BCUT2D eigenvalue weighted by molar-refractivity contribution is -0.114. The number of rotatable bonds is 10. The van der Waals surface area contributed by atoms with E-state index in [2.05, 4.69) is 6.58 Å². The zero-order valence-corrected chi connectivity index (χ0v) is 18.9. The van der Waals surface area contributed by atoms with Crippen molar-refractivity contribution in [2.75, 3.05) is 20.3 Å². The van der Waals surface area contributed by atoms with Crippen LogP contribution < -0.4 is 9.47 Å². The molecule has 0 aliphatic carbocycles. The van der Waals surface area contributed by atoms with Crippen LogP contribution in [0.4, 0.5) is 0 Å². The summed E-state index contributed by atoms with van der Waals surface area (Å²) in [4.78, 5) is 25.6. The van der Waals surface area contributed by atoms with Crippen LogP contribution in [0.5, 0.6) is 11.5 Å². The minimum atomic E-state index is -0.535. The molecule has 0 fully saturated rings. The van der Waals surface area contributed by atoms with Gasteiger partial charge < -0.3 is 14.2 Å². The number of Topliss-reactive ketones (excluding diaryl/α,β-unsaturated/α-hetero) is 1. The van der Waals surface area contributed by atoms with Crippen LogP contribution in [0.2, 0.25) is 0 Å². The molecule has 1 aromatic carbocycles. The molecule has 0 bridgehead atoms. The second-order valence-corrected chi connectivity index (χ2v) is 7.57. The zero-order chi connectivity index (χ0) is 23.7. The number of hydrogen-bond donors (Lipinski definition) is 0. The van der Waals surface area contributed by atoms with Gasteiger partial charge in [-0.25, -0.2) is 4.79 Å². The average molecular weight is 451 g/mol. The Morgan fingerprint density at radius 1 is 1.25 bits per heavy atom. The molecule has 0 aliphatic heterocycles. The van der Waals surface area contributed by atoms with Gasteiger partial charge in [0.25, 0.3) is 0 Å². The van der Waals surface area contributed by atoms with Gasteiger partial charge in [0.15, 0.2) is 17.3 Å². The summed E-state index contributed by atoms with van der Waals surface area (Å²) in [5.74, 6) is -0.0441. The summed E-state index contributed by atoms with van der Waals surface area (Å²) in [6, 6.07) is 8.98. The minimum absolute atomic E-state index is 0.0839. The summed E-state index contributed by atoms with van der Waals surface area (Å²) in [6.45, 7) is 7.43. The first-order valence-corrected chi connectivity index (χ1v) is 10.5. The molecular formula is C24H22N2O5S. The van der Waals surface area contributed by atoms with Crippen molar-refractivity contribution in [1.82, 2.24) is 0 Å². The number of carbonyl (C=O) groups is 2. The summed E-state index contributed by atoms with van der Waals surface area (Å²) in [6.07, 6.45) is 2.88. The highest BCUT2D eigenvalue weighted by atomic mass is 32.1. The maximum Gasteiger partial charge on any atom is 0.348 e. The van der Waals surface area contributed by atoms with E-state index in [1.54, 1.807) is 38.1 Å². The van der Waals surface area contributed by atoms with Crippen LogP contribution in [0.3, 0.4) is 0 Å². The van der Waals surface area contributed by atoms with Crippen molar-refractivity contribution < 1.29 is 23.8 Å². The van der Waals surface area contributed by atoms with Crippen LogP contribution in [0.25, 0.3) is 6.08 Å². The highest BCUT2D eigenvalue weighted by molar-refractivity contribution is 7.14. The van der Waals surface area contributed by atoms with E-state index in [4.69, 9.17) is 14.2 Å². The summed E-state index contributed by atoms with van der Waals surface area (Å²) in [5.41, 5.74) is 1.22. The highest BCUT2D eigenvalue weighted by Gasteiger charge is 2.23. The molecular weight excluding hydrogens is 428 g/mol. The van der Waals surface area contributed by atoms with Crippen LogP contribution in [0.1, 0.15) is 38.2 Å². The summed E-state index contributed by atoms with van der Waals surface area (Å²) < 4.78 is 15.8. The predicted molar refractivity (Wildman–Crippen MR) is 121 cm³/mol. The van der Waals surface area contributed by atoms with E-state index < -0.39 is 11.8 Å². The fourth-order valence-electron chi connectivity index (χ4n) is 2.86. The van der Waals surface area contributed by atoms with Crippen LogP contribution in [-0.2, 0) is 16.0 Å². The number of ketones is 1. The first-order chi connectivity index (χ1) is 15.4. The molecule has 0 spiro atoms. The van der Waals surface area contributed by atoms with E-state index in [1.165, 1.54) is 13.2 Å². The third kappa shape index (κ3) is 5.63. The third-order valence-electron chi connectivity index (χ3n) is 4.39. The van der Waals surface area contributed by atoms with E-state index in [1.807, 2.05) is 12.1 Å². The van der Waals surface area contributed by atoms with Gasteiger partial charge in [0.2, 0.25) is 0 Å². The fraction of sp³-hybridized carbons (Fsp3) is 0.250. The molecule has 0 aliphatic rings. The smallest absolute Gasteiger partial charge is 0.348 e. The molecule has 0 saturated heterocycles. The van der Waals surface area contributed by atoms with Crippen molar-refractivity contribution in [2.45, 2.75) is 20.3 Å². The van der Waals surface area contributed by atoms with Gasteiger partial charge in [0.1, 0.15) is 23.6 Å². The number of methoxy groups -OCH3 is 1. The van der Waals surface area contributed by atoms with Crippen molar-refractivity contribution in [1.29, 1.82) is 10.5 Å². The van der Waals surface area contributed by atoms with Gasteiger partial charge in [-0.3, -0.25) is 4.79 Å². The number of nitrogens with zero attached hydrogens (tertiary/aromatic N) is 2. The number of nitriles is 2. The van der Waals surface area contributed by atoms with Crippen LogP contribution in [-0.4, -0.2) is 32.1 Å². The Morgan fingerprint density at radius 2 is 2.00 bits per heavy atom. The summed E-state index contributed by atoms with van der Waals surface area (Å²) in [5, 5.41) is 19.0. The van der Waals surface area contributed by atoms with E-state index in [9.17, 15) is 20.1 Å². The number of thiophene rings is 1. The maximum absolute atomic E-state index is 12.8. The first kappa shape index (κ1) is 24.4. The Kier molecular flexibility index (Phi) is 8.76. The lowest BCUT2D eigenvalue weighted by Crippen LogP contribution is -2.05. The summed E-state index contributed by atoms with van der Waals surface area (Å²) in [7, 11) is 1.49. The Hall–Kier alpha value is -3.88.